The van der Waals surface area contributed by atoms with E-state index in [0.717, 1.165) is 25.7 Å². The summed E-state index contributed by atoms with van der Waals surface area (Å²) in [6.45, 7) is 2.22. The molecule has 2 saturated carbocycles. The first-order chi connectivity index (χ1) is 10.2. The van der Waals surface area contributed by atoms with E-state index in [-0.39, 0.29) is 11.8 Å². The van der Waals surface area contributed by atoms with Crippen molar-refractivity contribution in [2.24, 2.45) is 0 Å². The Hall–Kier alpha value is -1.06. The molecule has 0 saturated heterocycles. The lowest BCUT2D eigenvalue weighted by Crippen LogP contribution is -2.42. The van der Waals surface area contributed by atoms with E-state index in [1.165, 1.54) is 38.5 Å². The predicted octanol–water partition coefficient (Wildman–Crippen LogP) is 3.01. The molecule has 120 valence electrons. The maximum absolute atomic E-state index is 12.0. The summed E-state index contributed by atoms with van der Waals surface area (Å²) in [5.74, 6) is 0.234. The van der Waals surface area contributed by atoms with Gasteiger partial charge in [-0.25, -0.2) is 0 Å². The third-order valence-electron chi connectivity index (χ3n) is 4.97. The predicted molar refractivity (Wildman–Crippen MR) is 83.9 cm³/mol. The molecule has 4 nitrogen and oxygen atoms in total. The van der Waals surface area contributed by atoms with Crippen LogP contribution >= 0.6 is 0 Å². The minimum absolute atomic E-state index is 0.113. The summed E-state index contributed by atoms with van der Waals surface area (Å²) >= 11 is 0. The Morgan fingerprint density at radius 2 is 1.52 bits per heavy atom. The molecule has 1 N–H and O–H groups in total. The average molecular weight is 294 g/mol. The molecule has 0 aromatic rings. The van der Waals surface area contributed by atoms with Crippen LogP contribution in [0.1, 0.15) is 77.6 Å². The molecule has 2 aliphatic rings. The van der Waals surface area contributed by atoms with Crippen LogP contribution < -0.4 is 5.32 Å². The maximum Gasteiger partial charge on any atom is 0.221 e. The van der Waals surface area contributed by atoms with E-state index in [1.54, 1.807) is 6.92 Å². The summed E-state index contributed by atoms with van der Waals surface area (Å²) in [6, 6.07) is 0.727. The lowest BCUT2D eigenvalue weighted by molar-refractivity contribution is -0.132. The van der Waals surface area contributed by atoms with E-state index in [9.17, 15) is 9.59 Å². The highest BCUT2D eigenvalue weighted by Gasteiger charge is 2.23. The molecule has 0 aromatic heterocycles. The molecule has 0 unspecified atom stereocenters. The topological polar surface area (TPSA) is 49.4 Å². The first kappa shape index (κ1) is 16.3. The number of nitrogens with one attached hydrogen (secondary N) is 1. The van der Waals surface area contributed by atoms with Crippen molar-refractivity contribution in [1.29, 1.82) is 0 Å². The molecule has 0 heterocycles. The van der Waals surface area contributed by atoms with Gasteiger partial charge in [-0.05, 0) is 25.7 Å². The number of hydrogen-bond acceptors (Lipinski definition) is 2. The Balaban J connectivity index is 1.78. The third kappa shape index (κ3) is 5.33. The number of hydrogen-bond donors (Lipinski definition) is 1. The molecule has 0 aliphatic heterocycles. The number of carbonyl (C=O) groups is 2. The molecule has 0 aromatic carbocycles. The largest absolute Gasteiger partial charge is 0.353 e. The van der Waals surface area contributed by atoms with Crippen LogP contribution in [0.4, 0.5) is 0 Å². The highest BCUT2D eigenvalue weighted by atomic mass is 16.2. The van der Waals surface area contributed by atoms with Gasteiger partial charge in [0, 0.05) is 32.0 Å². The van der Waals surface area contributed by atoms with Crippen molar-refractivity contribution in [2.75, 3.05) is 6.54 Å². The number of amides is 2. The summed E-state index contributed by atoms with van der Waals surface area (Å²) in [6.07, 6.45) is 12.3. The molecule has 2 rings (SSSR count). The quantitative estimate of drug-likeness (QED) is 0.792. The normalized spacial score (nSPS) is 21.0. The Morgan fingerprint density at radius 3 is 2.10 bits per heavy atom. The average Bonchev–Trinajstić information content (AvgIpc) is 2.80. The summed E-state index contributed by atoms with van der Waals surface area (Å²) in [5, 5.41) is 3.11. The van der Waals surface area contributed by atoms with Gasteiger partial charge in [-0.2, -0.15) is 0 Å². The monoisotopic (exact) mass is 294 g/mol. The SMILES string of the molecule is CC(=O)N(CCC(=O)NC1CCCC1)C1CCCCCC1. The zero-order valence-corrected chi connectivity index (χ0v) is 13.4. The minimum atomic E-state index is 0.113. The fourth-order valence-corrected chi connectivity index (χ4v) is 3.76. The van der Waals surface area contributed by atoms with Gasteiger partial charge in [-0.3, -0.25) is 9.59 Å². The van der Waals surface area contributed by atoms with Crippen LogP contribution in [-0.4, -0.2) is 35.3 Å². The standard InChI is InChI=1S/C17H30N2O2/c1-14(20)19(16-10-4-2-3-5-11-16)13-12-17(21)18-15-8-6-7-9-15/h15-16H,2-13H2,1H3,(H,18,21). The molecule has 21 heavy (non-hydrogen) atoms. The fraction of sp³-hybridized carbons (Fsp3) is 0.882. The van der Waals surface area contributed by atoms with Gasteiger partial charge < -0.3 is 10.2 Å². The van der Waals surface area contributed by atoms with Crippen molar-refractivity contribution in [3.63, 3.8) is 0 Å². The van der Waals surface area contributed by atoms with Crippen molar-refractivity contribution in [1.82, 2.24) is 10.2 Å². The van der Waals surface area contributed by atoms with Gasteiger partial charge in [0.25, 0.3) is 0 Å². The van der Waals surface area contributed by atoms with Crippen LogP contribution in [-0.2, 0) is 9.59 Å². The molecule has 0 atom stereocenters. The minimum Gasteiger partial charge on any atom is -0.353 e. The lowest BCUT2D eigenvalue weighted by atomic mass is 10.1. The van der Waals surface area contributed by atoms with Crippen LogP contribution in [0.2, 0.25) is 0 Å². The van der Waals surface area contributed by atoms with Gasteiger partial charge in [0.1, 0.15) is 0 Å². The van der Waals surface area contributed by atoms with E-state index in [0.29, 0.717) is 25.0 Å². The van der Waals surface area contributed by atoms with Crippen molar-refractivity contribution in [2.45, 2.75) is 89.6 Å². The molecule has 0 spiro atoms. The first-order valence-corrected chi connectivity index (χ1v) is 8.73. The smallest absolute Gasteiger partial charge is 0.221 e. The second-order valence-corrected chi connectivity index (χ2v) is 6.66. The first-order valence-electron chi connectivity index (χ1n) is 8.73. The van der Waals surface area contributed by atoms with Gasteiger partial charge in [-0.15, -0.1) is 0 Å². The Bertz CT molecular complexity index is 343. The summed E-state index contributed by atoms with van der Waals surface area (Å²) in [5.41, 5.74) is 0. The van der Waals surface area contributed by atoms with Gasteiger partial charge in [0.15, 0.2) is 0 Å². The van der Waals surface area contributed by atoms with Crippen molar-refractivity contribution in [3.8, 4) is 0 Å². The van der Waals surface area contributed by atoms with Crippen molar-refractivity contribution >= 4 is 11.8 Å². The Kier molecular flexibility index (Phi) is 6.52. The molecule has 0 bridgehead atoms. The van der Waals surface area contributed by atoms with Gasteiger partial charge in [0.05, 0.1) is 0 Å². The molecular formula is C17H30N2O2. The van der Waals surface area contributed by atoms with Crippen LogP contribution in [0, 0.1) is 0 Å². The molecule has 0 radical (unpaired) electrons. The molecule has 2 amide bonds. The fourth-order valence-electron chi connectivity index (χ4n) is 3.76. The number of nitrogens with zero attached hydrogens (tertiary/aromatic N) is 1. The van der Waals surface area contributed by atoms with Gasteiger partial charge >= 0.3 is 0 Å². The number of rotatable bonds is 5. The van der Waals surface area contributed by atoms with Crippen LogP contribution in [0.3, 0.4) is 0 Å². The Morgan fingerprint density at radius 1 is 0.952 bits per heavy atom. The van der Waals surface area contributed by atoms with Gasteiger partial charge in [-0.1, -0.05) is 38.5 Å². The maximum atomic E-state index is 12.0. The molecule has 2 fully saturated rings. The highest BCUT2D eigenvalue weighted by molar-refractivity contribution is 5.78. The molecular weight excluding hydrogens is 264 g/mol. The summed E-state index contributed by atoms with van der Waals surface area (Å²) < 4.78 is 0. The highest BCUT2D eigenvalue weighted by Crippen LogP contribution is 2.22. The van der Waals surface area contributed by atoms with E-state index in [1.807, 2.05) is 4.90 Å². The van der Waals surface area contributed by atoms with E-state index in [4.69, 9.17) is 0 Å². The van der Waals surface area contributed by atoms with Crippen LogP contribution in [0.15, 0.2) is 0 Å². The number of carbonyl (C=O) groups excluding carboxylic acids is 2. The van der Waals surface area contributed by atoms with Crippen molar-refractivity contribution < 1.29 is 9.59 Å². The Labute approximate surface area is 128 Å². The van der Waals surface area contributed by atoms with Crippen LogP contribution in [0.25, 0.3) is 0 Å². The third-order valence-corrected chi connectivity index (χ3v) is 4.97. The van der Waals surface area contributed by atoms with Crippen molar-refractivity contribution in [3.05, 3.63) is 0 Å². The second kappa shape index (κ2) is 8.40. The van der Waals surface area contributed by atoms with Crippen LogP contribution in [0.5, 0.6) is 0 Å². The van der Waals surface area contributed by atoms with Gasteiger partial charge in [0.2, 0.25) is 11.8 Å². The van der Waals surface area contributed by atoms with E-state index < -0.39 is 0 Å². The lowest BCUT2D eigenvalue weighted by Gasteiger charge is -2.30. The molecule has 4 heteroatoms. The second-order valence-electron chi connectivity index (χ2n) is 6.66. The zero-order chi connectivity index (χ0) is 15.1. The zero-order valence-electron chi connectivity index (χ0n) is 13.4. The summed E-state index contributed by atoms with van der Waals surface area (Å²) in [4.78, 5) is 25.9. The summed E-state index contributed by atoms with van der Waals surface area (Å²) in [7, 11) is 0. The van der Waals surface area contributed by atoms with E-state index >= 15 is 0 Å². The molecule has 2 aliphatic carbocycles. The van der Waals surface area contributed by atoms with E-state index in [2.05, 4.69) is 5.32 Å².